The lowest BCUT2D eigenvalue weighted by Crippen LogP contribution is -2.42. The second kappa shape index (κ2) is 6.70. The highest BCUT2D eigenvalue weighted by Crippen LogP contribution is 2.46. The van der Waals surface area contributed by atoms with Crippen LogP contribution in [0, 0.1) is 5.82 Å². The SMILES string of the molecule is CCn1cc(S(=O)(=O)N2[C@H]3CC[C@@H]2c2cnc(-c4ccc(F)cc4)nc2C3)cn1. The van der Waals surface area contributed by atoms with E-state index in [9.17, 15) is 12.8 Å². The van der Waals surface area contributed by atoms with Crippen molar-refractivity contribution in [2.24, 2.45) is 0 Å². The molecule has 0 unspecified atom stereocenters. The average molecular weight is 413 g/mol. The quantitative estimate of drug-likeness (QED) is 0.657. The van der Waals surface area contributed by atoms with E-state index in [2.05, 4.69) is 15.1 Å². The van der Waals surface area contributed by atoms with Crippen LogP contribution in [-0.2, 0) is 23.0 Å². The van der Waals surface area contributed by atoms with Crippen LogP contribution in [0.5, 0.6) is 0 Å². The molecular weight excluding hydrogens is 393 g/mol. The fraction of sp³-hybridized carbons (Fsp3) is 0.350. The summed E-state index contributed by atoms with van der Waals surface area (Å²) in [6.45, 7) is 2.53. The van der Waals surface area contributed by atoms with E-state index in [4.69, 9.17) is 0 Å². The van der Waals surface area contributed by atoms with Crippen molar-refractivity contribution in [2.45, 2.75) is 49.7 Å². The van der Waals surface area contributed by atoms with Crippen molar-refractivity contribution in [1.29, 1.82) is 0 Å². The Morgan fingerprint density at radius 1 is 1.17 bits per heavy atom. The maximum atomic E-state index is 13.3. The number of hydrogen-bond acceptors (Lipinski definition) is 5. The zero-order chi connectivity index (χ0) is 20.2. The van der Waals surface area contributed by atoms with E-state index < -0.39 is 10.0 Å². The van der Waals surface area contributed by atoms with Crippen LogP contribution in [0.1, 0.15) is 37.1 Å². The van der Waals surface area contributed by atoms with Crippen molar-refractivity contribution >= 4 is 10.0 Å². The number of hydrogen-bond donors (Lipinski definition) is 0. The summed E-state index contributed by atoms with van der Waals surface area (Å²) in [6.07, 6.45) is 6.81. The molecular formula is C20H20FN5O2S. The maximum Gasteiger partial charge on any atom is 0.247 e. The van der Waals surface area contributed by atoms with Crippen LogP contribution in [0.15, 0.2) is 47.8 Å². The van der Waals surface area contributed by atoms with Crippen molar-refractivity contribution < 1.29 is 12.8 Å². The molecule has 2 atom stereocenters. The molecule has 0 spiro atoms. The van der Waals surface area contributed by atoms with E-state index in [1.54, 1.807) is 33.5 Å². The lowest BCUT2D eigenvalue weighted by Gasteiger charge is -2.34. The summed E-state index contributed by atoms with van der Waals surface area (Å²) < 4.78 is 43.0. The Bertz CT molecular complexity index is 1180. The number of halogens is 1. The Hall–Kier alpha value is -2.65. The van der Waals surface area contributed by atoms with Crippen LogP contribution >= 0.6 is 0 Å². The van der Waals surface area contributed by atoms with Crippen molar-refractivity contribution in [3.8, 4) is 11.4 Å². The van der Waals surface area contributed by atoms with Gasteiger partial charge in [0, 0.05) is 42.5 Å². The van der Waals surface area contributed by atoms with E-state index in [0.29, 0.717) is 18.8 Å². The van der Waals surface area contributed by atoms with Crippen LogP contribution in [-0.4, -0.2) is 38.5 Å². The minimum Gasteiger partial charge on any atom is -0.272 e. The molecule has 4 heterocycles. The molecule has 0 saturated carbocycles. The van der Waals surface area contributed by atoms with Gasteiger partial charge in [-0.05, 0) is 44.0 Å². The van der Waals surface area contributed by atoms with Gasteiger partial charge >= 0.3 is 0 Å². The molecule has 2 aliphatic heterocycles. The molecule has 5 rings (SSSR count). The molecule has 0 N–H and O–H groups in total. The summed E-state index contributed by atoms with van der Waals surface area (Å²) >= 11 is 0. The summed E-state index contributed by atoms with van der Waals surface area (Å²) in [5, 5.41) is 4.12. The molecule has 0 aliphatic carbocycles. The molecule has 3 aromatic rings. The minimum atomic E-state index is -3.64. The molecule has 29 heavy (non-hydrogen) atoms. The van der Waals surface area contributed by atoms with Crippen LogP contribution in [0.2, 0.25) is 0 Å². The Balaban J connectivity index is 1.51. The topological polar surface area (TPSA) is 81.0 Å². The minimum absolute atomic E-state index is 0.126. The molecule has 2 bridgehead atoms. The van der Waals surface area contributed by atoms with Crippen LogP contribution in [0.25, 0.3) is 11.4 Å². The lowest BCUT2D eigenvalue weighted by molar-refractivity contribution is 0.300. The molecule has 7 nitrogen and oxygen atoms in total. The first-order chi connectivity index (χ1) is 14.0. The van der Waals surface area contributed by atoms with Gasteiger partial charge in [-0.2, -0.15) is 9.40 Å². The van der Waals surface area contributed by atoms with Gasteiger partial charge in [-0.25, -0.2) is 22.8 Å². The highest BCUT2D eigenvalue weighted by atomic mass is 32.2. The normalized spacial score (nSPS) is 21.3. The van der Waals surface area contributed by atoms with E-state index in [-0.39, 0.29) is 22.8 Å². The third-order valence-electron chi connectivity index (χ3n) is 5.74. The molecule has 1 fully saturated rings. The number of rotatable bonds is 4. The molecule has 0 amide bonds. The number of benzene rings is 1. The maximum absolute atomic E-state index is 13.3. The van der Waals surface area contributed by atoms with E-state index in [1.165, 1.54) is 18.3 Å². The molecule has 1 saturated heterocycles. The Labute approximate surface area is 168 Å². The van der Waals surface area contributed by atoms with E-state index in [0.717, 1.165) is 29.7 Å². The van der Waals surface area contributed by atoms with Gasteiger partial charge in [-0.1, -0.05) is 0 Å². The van der Waals surface area contributed by atoms with Gasteiger partial charge in [-0.3, -0.25) is 4.68 Å². The predicted molar refractivity (Wildman–Crippen MR) is 104 cm³/mol. The molecule has 150 valence electrons. The van der Waals surface area contributed by atoms with Gasteiger partial charge in [0.25, 0.3) is 0 Å². The van der Waals surface area contributed by atoms with Crippen molar-refractivity contribution in [1.82, 2.24) is 24.1 Å². The summed E-state index contributed by atoms with van der Waals surface area (Å²) in [4.78, 5) is 9.36. The van der Waals surface area contributed by atoms with Gasteiger partial charge in [0.05, 0.1) is 17.9 Å². The third kappa shape index (κ3) is 2.96. The number of fused-ring (bicyclic) bond motifs is 4. The first kappa shape index (κ1) is 18.4. The Morgan fingerprint density at radius 3 is 2.69 bits per heavy atom. The first-order valence-corrected chi connectivity index (χ1v) is 11.1. The molecule has 1 aromatic carbocycles. The summed E-state index contributed by atoms with van der Waals surface area (Å²) in [5.74, 6) is 0.223. The standard InChI is InChI=1S/C20H20FN5O2S/c1-2-25-12-16(10-23-25)29(27,28)26-15-7-8-19(26)17-11-22-20(24-18(17)9-15)13-3-5-14(21)6-4-13/h3-6,10-12,15,19H,2,7-9H2,1H3/t15-,19+/m0/s1. The molecule has 2 aromatic heterocycles. The summed E-state index contributed by atoms with van der Waals surface area (Å²) in [5.41, 5.74) is 2.47. The molecule has 9 heteroatoms. The van der Waals surface area contributed by atoms with Crippen LogP contribution in [0.4, 0.5) is 4.39 Å². The summed E-state index contributed by atoms with van der Waals surface area (Å²) in [7, 11) is -3.64. The fourth-order valence-corrected chi connectivity index (χ4v) is 6.11. The second-order valence-corrected chi connectivity index (χ2v) is 9.26. The van der Waals surface area contributed by atoms with E-state index in [1.807, 2.05) is 6.92 Å². The van der Waals surface area contributed by atoms with Crippen molar-refractivity contribution in [2.75, 3.05) is 0 Å². The van der Waals surface area contributed by atoms with E-state index >= 15 is 0 Å². The number of nitrogens with zero attached hydrogens (tertiary/aromatic N) is 5. The molecule has 0 radical (unpaired) electrons. The largest absolute Gasteiger partial charge is 0.272 e. The zero-order valence-electron chi connectivity index (χ0n) is 15.9. The van der Waals surface area contributed by atoms with Gasteiger partial charge < -0.3 is 0 Å². The van der Waals surface area contributed by atoms with Gasteiger partial charge in [0.1, 0.15) is 10.7 Å². The second-order valence-electron chi connectivity index (χ2n) is 7.42. The van der Waals surface area contributed by atoms with Crippen molar-refractivity contribution in [3.05, 3.63) is 59.9 Å². The van der Waals surface area contributed by atoms with Crippen LogP contribution in [0.3, 0.4) is 0 Å². The van der Waals surface area contributed by atoms with Gasteiger partial charge in [0.2, 0.25) is 10.0 Å². The van der Waals surface area contributed by atoms with Gasteiger partial charge in [0.15, 0.2) is 5.82 Å². The number of aromatic nitrogens is 4. The Kier molecular flexibility index (Phi) is 4.25. The monoisotopic (exact) mass is 413 g/mol. The Morgan fingerprint density at radius 2 is 1.97 bits per heavy atom. The molecule has 2 aliphatic rings. The lowest BCUT2D eigenvalue weighted by atomic mass is 10.0. The smallest absolute Gasteiger partial charge is 0.247 e. The third-order valence-corrected chi connectivity index (χ3v) is 7.65. The average Bonchev–Trinajstić information content (AvgIpc) is 3.33. The zero-order valence-corrected chi connectivity index (χ0v) is 16.7. The van der Waals surface area contributed by atoms with Gasteiger partial charge in [-0.15, -0.1) is 0 Å². The number of sulfonamides is 1. The van der Waals surface area contributed by atoms with Crippen LogP contribution < -0.4 is 0 Å². The van der Waals surface area contributed by atoms with Crippen molar-refractivity contribution in [3.63, 3.8) is 0 Å². The highest BCUT2D eigenvalue weighted by Gasteiger charge is 2.47. The highest BCUT2D eigenvalue weighted by molar-refractivity contribution is 7.89. The number of aryl methyl sites for hydroxylation is 1. The fourth-order valence-electron chi connectivity index (χ4n) is 4.31. The first-order valence-electron chi connectivity index (χ1n) is 9.65. The predicted octanol–water partition coefficient (Wildman–Crippen LogP) is 2.95. The summed E-state index contributed by atoms with van der Waals surface area (Å²) in [6, 6.07) is 5.67.